The van der Waals surface area contributed by atoms with Gasteiger partial charge in [0.2, 0.25) is 5.91 Å². The zero-order chi connectivity index (χ0) is 19.1. The fourth-order valence-electron chi connectivity index (χ4n) is 2.97. The molecule has 0 bridgehead atoms. The largest absolute Gasteiger partial charge is 0.497 e. The molecule has 1 heterocycles. The van der Waals surface area contributed by atoms with Crippen LogP contribution < -0.4 is 19.7 Å². The zero-order valence-corrected chi connectivity index (χ0v) is 15.6. The standard InChI is InChI=1S/C21H24N2O4/c1-25-17-8-9-20(26-2)16(15-17)7-10-21(24)22-18-5-3-4-6-19(18)23-11-13-27-14-12-23/h3-10,15H,11-14H2,1-2H3,(H,22,24). The first-order chi connectivity index (χ1) is 13.2. The Balaban J connectivity index is 1.74. The molecule has 2 aromatic rings. The van der Waals surface area contributed by atoms with Gasteiger partial charge in [-0.2, -0.15) is 0 Å². The van der Waals surface area contributed by atoms with Crippen molar-refractivity contribution < 1.29 is 19.0 Å². The minimum Gasteiger partial charge on any atom is -0.497 e. The molecule has 0 radical (unpaired) electrons. The van der Waals surface area contributed by atoms with E-state index in [2.05, 4.69) is 10.2 Å². The maximum absolute atomic E-state index is 12.5. The van der Waals surface area contributed by atoms with Gasteiger partial charge in [-0.1, -0.05) is 12.1 Å². The zero-order valence-electron chi connectivity index (χ0n) is 15.6. The van der Waals surface area contributed by atoms with Gasteiger partial charge in [0.1, 0.15) is 11.5 Å². The van der Waals surface area contributed by atoms with Gasteiger partial charge in [0.25, 0.3) is 0 Å². The Labute approximate surface area is 159 Å². The minimum atomic E-state index is -0.208. The number of morpholine rings is 1. The van der Waals surface area contributed by atoms with Crippen LogP contribution in [0.3, 0.4) is 0 Å². The van der Waals surface area contributed by atoms with Gasteiger partial charge in [-0.15, -0.1) is 0 Å². The van der Waals surface area contributed by atoms with Crippen molar-refractivity contribution in [2.45, 2.75) is 0 Å². The minimum absolute atomic E-state index is 0.208. The number of hydrogen-bond donors (Lipinski definition) is 1. The molecule has 1 fully saturated rings. The maximum atomic E-state index is 12.5. The first-order valence-electron chi connectivity index (χ1n) is 8.84. The molecule has 142 valence electrons. The Kier molecular flexibility index (Phi) is 6.33. The molecule has 0 unspecified atom stereocenters. The lowest BCUT2D eigenvalue weighted by atomic mass is 10.1. The van der Waals surface area contributed by atoms with E-state index >= 15 is 0 Å². The van der Waals surface area contributed by atoms with E-state index in [-0.39, 0.29) is 5.91 Å². The summed E-state index contributed by atoms with van der Waals surface area (Å²) in [6, 6.07) is 13.2. The molecule has 1 aliphatic rings. The summed E-state index contributed by atoms with van der Waals surface area (Å²) >= 11 is 0. The van der Waals surface area contributed by atoms with Crippen molar-refractivity contribution in [3.8, 4) is 11.5 Å². The Hall–Kier alpha value is -2.99. The van der Waals surface area contributed by atoms with Crippen molar-refractivity contribution in [3.63, 3.8) is 0 Å². The Morgan fingerprint density at radius 2 is 1.89 bits per heavy atom. The average Bonchev–Trinajstić information content (AvgIpc) is 2.73. The number of amides is 1. The first kappa shape index (κ1) is 18.8. The van der Waals surface area contributed by atoms with Gasteiger partial charge < -0.3 is 24.4 Å². The summed E-state index contributed by atoms with van der Waals surface area (Å²) in [5.74, 6) is 1.17. The van der Waals surface area contributed by atoms with Crippen LogP contribution in [-0.4, -0.2) is 46.4 Å². The maximum Gasteiger partial charge on any atom is 0.248 e. The van der Waals surface area contributed by atoms with Crippen molar-refractivity contribution in [2.24, 2.45) is 0 Å². The lowest BCUT2D eigenvalue weighted by Gasteiger charge is -2.30. The Morgan fingerprint density at radius 1 is 1.11 bits per heavy atom. The van der Waals surface area contributed by atoms with E-state index in [1.165, 1.54) is 6.08 Å². The highest BCUT2D eigenvalue weighted by atomic mass is 16.5. The van der Waals surface area contributed by atoms with Gasteiger partial charge in [-0.05, 0) is 36.4 Å². The number of carbonyl (C=O) groups is 1. The molecule has 3 rings (SSSR count). The van der Waals surface area contributed by atoms with Crippen molar-refractivity contribution >= 4 is 23.4 Å². The van der Waals surface area contributed by atoms with Crippen LogP contribution in [-0.2, 0) is 9.53 Å². The molecule has 1 N–H and O–H groups in total. The molecular weight excluding hydrogens is 344 g/mol. The summed E-state index contributed by atoms with van der Waals surface area (Å²) < 4.78 is 16.0. The highest BCUT2D eigenvalue weighted by molar-refractivity contribution is 6.04. The van der Waals surface area contributed by atoms with Crippen LogP contribution in [0.25, 0.3) is 6.08 Å². The quantitative estimate of drug-likeness (QED) is 0.794. The second-order valence-corrected chi connectivity index (χ2v) is 6.05. The van der Waals surface area contributed by atoms with Crippen molar-refractivity contribution in [3.05, 3.63) is 54.1 Å². The van der Waals surface area contributed by atoms with Crippen LogP contribution >= 0.6 is 0 Å². The van der Waals surface area contributed by atoms with E-state index in [4.69, 9.17) is 14.2 Å². The van der Waals surface area contributed by atoms with Crippen LogP contribution in [0.1, 0.15) is 5.56 Å². The molecule has 6 heteroatoms. The lowest BCUT2D eigenvalue weighted by Crippen LogP contribution is -2.36. The third-order valence-electron chi connectivity index (χ3n) is 4.36. The summed E-state index contributed by atoms with van der Waals surface area (Å²) in [5, 5.41) is 2.96. The van der Waals surface area contributed by atoms with Crippen molar-refractivity contribution in [1.29, 1.82) is 0 Å². The first-order valence-corrected chi connectivity index (χ1v) is 8.84. The number of benzene rings is 2. The van der Waals surface area contributed by atoms with Crippen molar-refractivity contribution in [2.75, 3.05) is 50.7 Å². The number of nitrogens with zero attached hydrogens (tertiary/aromatic N) is 1. The Morgan fingerprint density at radius 3 is 2.63 bits per heavy atom. The molecule has 0 atom stereocenters. The molecule has 1 saturated heterocycles. The number of rotatable bonds is 6. The van der Waals surface area contributed by atoms with E-state index in [0.29, 0.717) is 24.7 Å². The summed E-state index contributed by atoms with van der Waals surface area (Å²) in [4.78, 5) is 14.7. The number of hydrogen-bond acceptors (Lipinski definition) is 5. The average molecular weight is 368 g/mol. The topological polar surface area (TPSA) is 60.0 Å². The van der Waals surface area contributed by atoms with E-state index in [0.717, 1.165) is 30.0 Å². The van der Waals surface area contributed by atoms with Crippen LogP contribution in [0.15, 0.2) is 48.5 Å². The molecule has 1 amide bonds. The lowest BCUT2D eigenvalue weighted by molar-refractivity contribution is -0.111. The van der Waals surface area contributed by atoms with Crippen LogP contribution in [0.2, 0.25) is 0 Å². The van der Waals surface area contributed by atoms with Gasteiger partial charge in [0.05, 0.1) is 38.8 Å². The fraction of sp³-hybridized carbons (Fsp3) is 0.286. The predicted octanol–water partition coefficient (Wildman–Crippen LogP) is 3.19. The van der Waals surface area contributed by atoms with Crippen LogP contribution in [0.4, 0.5) is 11.4 Å². The molecule has 2 aromatic carbocycles. The Bertz CT molecular complexity index is 814. The summed E-state index contributed by atoms with van der Waals surface area (Å²) in [6.07, 6.45) is 3.21. The molecule has 0 saturated carbocycles. The summed E-state index contributed by atoms with van der Waals surface area (Å²) in [6.45, 7) is 3.00. The normalized spacial score (nSPS) is 14.2. The highest BCUT2D eigenvalue weighted by Crippen LogP contribution is 2.27. The van der Waals surface area contributed by atoms with E-state index < -0.39 is 0 Å². The summed E-state index contributed by atoms with van der Waals surface area (Å²) in [7, 11) is 3.20. The number of carbonyl (C=O) groups excluding carboxylic acids is 1. The van der Waals surface area contributed by atoms with Gasteiger partial charge in [-0.3, -0.25) is 4.79 Å². The fourth-order valence-corrected chi connectivity index (χ4v) is 2.97. The van der Waals surface area contributed by atoms with E-state index in [1.54, 1.807) is 20.3 Å². The highest BCUT2D eigenvalue weighted by Gasteiger charge is 2.15. The van der Waals surface area contributed by atoms with E-state index in [1.807, 2.05) is 42.5 Å². The number of methoxy groups -OCH3 is 2. The third kappa shape index (κ3) is 4.80. The molecule has 6 nitrogen and oxygen atoms in total. The monoisotopic (exact) mass is 368 g/mol. The number of anilines is 2. The van der Waals surface area contributed by atoms with Gasteiger partial charge in [0.15, 0.2) is 0 Å². The SMILES string of the molecule is COc1ccc(OC)c(C=CC(=O)Nc2ccccc2N2CCOCC2)c1. The third-order valence-corrected chi connectivity index (χ3v) is 4.36. The number of nitrogens with one attached hydrogen (secondary N) is 1. The molecule has 0 spiro atoms. The van der Waals surface area contributed by atoms with Gasteiger partial charge in [0, 0.05) is 24.7 Å². The molecule has 1 aliphatic heterocycles. The molecular formula is C21H24N2O4. The van der Waals surface area contributed by atoms with Crippen molar-refractivity contribution in [1.82, 2.24) is 0 Å². The van der Waals surface area contributed by atoms with Gasteiger partial charge >= 0.3 is 0 Å². The second-order valence-electron chi connectivity index (χ2n) is 6.05. The smallest absolute Gasteiger partial charge is 0.248 e. The number of ether oxygens (including phenoxy) is 3. The predicted molar refractivity (Wildman–Crippen MR) is 107 cm³/mol. The molecule has 0 aromatic heterocycles. The molecule has 27 heavy (non-hydrogen) atoms. The van der Waals surface area contributed by atoms with E-state index in [9.17, 15) is 4.79 Å². The second kappa shape index (κ2) is 9.09. The number of para-hydroxylation sites is 2. The van der Waals surface area contributed by atoms with Crippen LogP contribution in [0.5, 0.6) is 11.5 Å². The summed E-state index contributed by atoms with van der Waals surface area (Å²) in [5.41, 5.74) is 2.56. The molecule has 0 aliphatic carbocycles. The van der Waals surface area contributed by atoms with Gasteiger partial charge in [-0.25, -0.2) is 0 Å². The van der Waals surface area contributed by atoms with Crippen LogP contribution in [0, 0.1) is 0 Å².